The molecule has 0 bridgehead atoms. The Labute approximate surface area is 117 Å². The predicted octanol–water partition coefficient (Wildman–Crippen LogP) is 3.97. The van der Waals surface area contributed by atoms with Gasteiger partial charge in [0.1, 0.15) is 0 Å². The van der Waals surface area contributed by atoms with Crippen LogP contribution in [0.3, 0.4) is 0 Å². The highest BCUT2D eigenvalue weighted by Crippen LogP contribution is 2.36. The van der Waals surface area contributed by atoms with E-state index in [0.29, 0.717) is 11.7 Å². The molecule has 5 heteroatoms. The van der Waals surface area contributed by atoms with Crippen LogP contribution >= 0.6 is 0 Å². The second-order valence-corrected chi connectivity index (χ2v) is 5.25. The molecule has 2 rings (SSSR count). The number of piperidine rings is 1. The summed E-state index contributed by atoms with van der Waals surface area (Å²) in [5.41, 5.74) is -0.176. The fourth-order valence-corrected chi connectivity index (χ4v) is 2.91. The van der Waals surface area contributed by atoms with Crippen LogP contribution in [-0.4, -0.2) is 17.7 Å². The Morgan fingerprint density at radius 3 is 2.65 bits per heavy atom. The molecule has 1 heterocycles. The first-order chi connectivity index (χ1) is 9.47. The number of hydrogen-bond donors (Lipinski definition) is 1. The van der Waals surface area contributed by atoms with Crippen molar-refractivity contribution in [3.63, 3.8) is 0 Å². The summed E-state index contributed by atoms with van der Waals surface area (Å²) in [7, 11) is 0. The van der Waals surface area contributed by atoms with Crippen molar-refractivity contribution >= 4 is 5.69 Å². The van der Waals surface area contributed by atoms with Gasteiger partial charge in [-0.3, -0.25) is 0 Å². The Morgan fingerprint density at radius 2 is 2.05 bits per heavy atom. The molecular formula is C15H20F3NO. The van der Waals surface area contributed by atoms with E-state index in [2.05, 4.69) is 11.8 Å². The van der Waals surface area contributed by atoms with E-state index in [1.54, 1.807) is 6.07 Å². The third-order valence-corrected chi connectivity index (χ3v) is 4.00. The summed E-state index contributed by atoms with van der Waals surface area (Å²) in [6.45, 7) is 2.27. The third-order valence-electron chi connectivity index (χ3n) is 4.00. The minimum atomic E-state index is -4.43. The molecular weight excluding hydrogens is 267 g/mol. The normalized spacial score (nSPS) is 20.2. The van der Waals surface area contributed by atoms with Gasteiger partial charge >= 0.3 is 6.18 Å². The molecule has 1 fully saturated rings. The summed E-state index contributed by atoms with van der Waals surface area (Å²) in [5.74, 6) is 0. The van der Waals surface area contributed by atoms with Gasteiger partial charge in [0.05, 0.1) is 12.2 Å². The first-order valence-corrected chi connectivity index (χ1v) is 7.05. The molecule has 1 aliphatic heterocycles. The molecule has 20 heavy (non-hydrogen) atoms. The molecule has 0 spiro atoms. The van der Waals surface area contributed by atoms with Crippen LogP contribution in [0, 0.1) is 0 Å². The average molecular weight is 287 g/mol. The molecule has 1 N–H and O–H groups in total. The molecule has 1 aromatic rings. The van der Waals surface area contributed by atoms with Crippen molar-refractivity contribution in [1.29, 1.82) is 0 Å². The van der Waals surface area contributed by atoms with Gasteiger partial charge in [0.25, 0.3) is 0 Å². The number of aliphatic hydroxyl groups is 1. The van der Waals surface area contributed by atoms with Gasteiger partial charge in [-0.2, -0.15) is 13.2 Å². The van der Waals surface area contributed by atoms with Crippen LogP contribution in [0.15, 0.2) is 18.2 Å². The van der Waals surface area contributed by atoms with E-state index in [1.165, 1.54) is 12.1 Å². The van der Waals surface area contributed by atoms with Gasteiger partial charge in [0.2, 0.25) is 0 Å². The summed E-state index contributed by atoms with van der Waals surface area (Å²) in [6, 6.07) is 4.57. The highest BCUT2D eigenvalue weighted by molar-refractivity contribution is 5.53. The minimum Gasteiger partial charge on any atom is -0.392 e. The number of rotatable bonds is 3. The van der Waals surface area contributed by atoms with Gasteiger partial charge in [0.15, 0.2) is 0 Å². The van der Waals surface area contributed by atoms with Crippen LogP contribution in [0.1, 0.15) is 43.7 Å². The Kier molecular flexibility index (Phi) is 4.58. The quantitative estimate of drug-likeness (QED) is 0.909. The largest absolute Gasteiger partial charge is 0.416 e. The number of anilines is 1. The molecule has 112 valence electrons. The number of halogens is 3. The number of benzene rings is 1. The molecule has 1 saturated heterocycles. The maximum absolute atomic E-state index is 13.0. The van der Waals surface area contributed by atoms with Crippen molar-refractivity contribution in [3.8, 4) is 0 Å². The average Bonchev–Trinajstić information content (AvgIpc) is 2.45. The minimum absolute atomic E-state index is 0.0636. The predicted molar refractivity (Wildman–Crippen MR) is 72.6 cm³/mol. The molecule has 0 aromatic heterocycles. The summed E-state index contributed by atoms with van der Waals surface area (Å²) < 4.78 is 39.1. The molecule has 0 radical (unpaired) electrons. The first kappa shape index (κ1) is 15.2. The molecule has 2 nitrogen and oxygen atoms in total. The van der Waals surface area contributed by atoms with Crippen molar-refractivity contribution in [3.05, 3.63) is 29.3 Å². The smallest absolute Gasteiger partial charge is 0.392 e. The SMILES string of the molecule is CCC1CCCCN1c1ccc(CO)c(C(F)(F)F)c1. The van der Waals surface area contributed by atoms with E-state index in [-0.39, 0.29) is 5.56 Å². The second kappa shape index (κ2) is 6.04. The lowest BCUT2D eigenvalue weighted by molar-refractivity contribution is -0.138. The van der Waals surface area contributed by atoms with E-state index >= 15 is 0 Å². The maximum Gasteiger partial charge on any atom is 0.416 e. The molecule has 1 aromatic carbocycles. The van der Waals surface area contributed by atoms with Crippen molar-refractivity contribution in [2.24, 2.45) is 0 Å². The van der Waals surface area contributed by atoms with E-state index in [4.69, 9.17) is 5.11 Å². The number of aliphatic hydroxyl groups excluding tert-OH is 1. The van der Waals surface area contributed by atoms with Crippen LogP contribution in [0.25, 0.3) is 0 Å². The van der Waals surface area contributed by atoms with Gasteiger partial charge in [-0.15, -0.1) is 0 Å². The van der Waals surface area contributed by atoms with Crippen LogP contribution in [0.4, 0.5) is 18.9 Å². The summed E-state index contributed by atoms with van der Waals surface area (Å²) in [5, 5.41) is 9.07. The lowest BCUT2D eigenvalue weighted by Gasteiger charge is -2.37. The highest BCUT2D eigenvalue weighted by Gasteiger charge is 2.34. The van der Waals surface area contributed by atoms with Gasteiger partial charge in [-0.25, -0.2) is 0 Å². The molecule has 0 amide bonds. The molecule has 1 atom stereocenters. The number of alkyl halides is 3. The Hall–Kier alpha value is -1.23. The van der Waals surface area contributed by atoms with Crippen molar-refractivity contribution < 1.29 is 18.3 Å². The molecule has 0 saturated carbocycles. The summed E-state index contributed by atoms with van der Waals surface area (Å²) in [4.78, 5) is 2.07. The summed E-state index contributed by atoms with van der Waals surface area (Å²) >= 11 is 0. The monoisotopic (exact) mass is 287 g/mol. The fourth-order valence-electron chi connectivity index (χ4n) is 2.91. The van der Waals surface area contributed by atoms with Gasteiger partial charge in [-0.05, 0) is 43.4 Å². The molecule has 1 unspecified atom stereocenters. The van der Waals surface area contributed by atoms with Crippen molar-refractivity contribution in [2.75, 3.05) is 11.4 Å². The number of nitrogens with zero attached hydrogens (tertiary/aromatic N) is 1. The lowest BCUT2D eigenvalue weighted by Crippen LogP contribution is -2.39. The van der Waals surface area contributed by atoms with E-state index < -0.39 is 18.3 Å². The molecule has 0 aliphatic carbocycles. The first-order valence-electron chi connectivity index (χ1n) is 7.05. The van der Waals surface area contributed by atoms with Gasteiger partial charge in [0, 0.05) is 18.3 Å². The van der Waals surface area contributed by atoms with E-state index in [0.717, 1.165) is 32.2 Å². The Bertz CT molecular complexity index is 459. The standard InChI is InChI=1S/C15H20F3NO/c1-2-12-5-3-4-8-19(12)13-7-6-11(10-20)14(9-13)15(16,17)18/h6-7,9,12,20H,2-5,8,10H2,1H3. The second-order valence-electron chi connectivity index (χ2n) is 5.25. The third kappa shape index (κ3) is 3.08. The lowest BCUT2D eigenvalue weighted by atomic mass is 9.98. The van der Waals surface area contributed by atoms with Crippen molar-refractivity contribution in [1.82, 2.24) is 0 Å². The van der Waals surface area contributed by atoms with E-state index in [9.17, 15) is 13.2 Å². The van der Waals surface area contributed by atoms with Crippen LogP contribution in [0.5, 0.6) is 0 Å². The Balaban J connectivity index is 2.37. The zero-order chi connectivity index (χ0) is 14.8. The van der Waals surface area contributed by atoms with Crippen molar-refractivity contribution in [2.45, 2.75) is 51.4 Å². The van der Waals surface area contributed by atoms with E-state index in [1.807, 2.05) is 0 Å². The zero-order valence-corrected chi connectivity index (χ0v) is 11.6. The van der Waals surface area contributed by atoms with Gasteiger partial charge in [-0.1, -0.05) is 13.0 Å². The Morgan fingerprint density at radius 1 is 1.30 bits per heavy atom. The van der Waals surface area contributed by atoms with Gasteiger partial charge < -0.3 is 10.0 Å². The van der Waals surface area contributed by atoms with Crippen LogP contribution in [-0.2, 0) is 12.8 Å². The summed E-state index contributed by atoms with van der Waals surface area (Å²) in [6.07, 6.45) is -0.316. The van der Waals surface area contributed by atoms with Crippen LogP contribution in [0.2, 0.25) is 0 Å². The number of hydrogen-bond acceptors (Lipinski definition) is 2. The zero-order valence-electron chi connectivity index (χ0n) is 11.6. The maximum atomic E-state index is 13.0. The molecule has 1 aliphatic rings. The fraction of sp³-hybridized carbons (Fsp3) is 0.600. The highest BCUT2D eigenvalue weighted by atomic mass is 19.4. The topological polar surface area (TPSA) is 23.5 Å². The van der Waals surface area contributed by atoms with Crippen LogP contribution < -0.4 is 4.90 Å².